The Hall–Kier alpha value is -5.09. The quantitative estimate of drug-likeness (QED) is 0.225. The Morgan fingerprint density at radius 2 is 1.76 bits per heavy atom. The van der Waals surface area contributed by atoms with Crippen LogP contribution < -0.4 is 19.7 Å². The van der Waals surface area contributed by atoms with Gasteiger partial charge in [0.2, 0.25) is 11.8 Å². The van der Waals surface area contributed by atoms with E-state index < -0.39 is 0 Å². The Labute approximate surface area is 266 Å². The maximum absolute atomic E-state index is 14.0. The number of carbonyl (C=O) groups excluding carboxylic acids is 2. The second kappa shape index (κ2) is 13.3. The van der Waals surface area contributed by atoms with Gasteiger partial charge in [-0.1, -0.05) is 60.2 Å². The van der Waals surface area contributed by atoms with Crippen molar-refractivity contribution < 1.29 is 19.1 Å². The van der Waals surface area contributed by atoms with Gasteiger partial charge < -0.3 is 14.8 Å². The first kappa shape index (κ1) is 30.0. The Bertz CT molecular complexity index is 1810. The first-order chi connectivity index (χ1) is 22.0. The number of fused-ring (bicyclic) bond motifs is 1. The topological polar surface area (TPSA) is 98.6 Å². The number of methoxy groups -OCH3 is 2. The summed E-state index contributed by atoms with van der Waals surface area (Å²) in [7, 11) is 3.21. The van der Waals surface area contributed by atoms with Crippen LogP contribution in [0.4, 0.5) is 5.82 Å². The van der Waals surface area contributed by atoms with Crippen molar-refractivity contribution >= 4 is 29.4 Å². The number of rotatable bonds is 9. The average Bonchev–Trinajstić information content (AvgIpc) is 3.40. The minimum Gasteiger partial charge on any atom is -0.493 e. The summed E-state index contributed by atoms with van der Waals surface area (Å²) in [5.74, 6) is 1.45. The van der Waals surface area contributed by atoms with Crippen molar-refractivity contribution in [3.8, 4) is 28.4 Å². The molecule has 45 heavy (non-hydrogen) atoms. The van der Waals surface area contributed by atoms with Crippen LogP contribution in [0.2, 0.25) is 0 Å². The maximum Gasteiger partial charge on any atom is 0.240 e. The molecule has 1 atom stereocenters. The summed E-state index contributed by atoms with van der Waals surface area (Å²) in [4.78, 5) is 33.1. The molecule has 3 aromatic carbocycles. The molecule has 2 amide bonds. The van der Waals surface area contributed by atoms with Crippen LogP contribution in [0.3, 0.4) is 0 Å². The van der Waals surface area contributed by atoms with Gasteiger partial charge in [-0.3, -0.25) is 19.5 Å². The van der Waals surface area contributed by atoms with E-state index in [-0.39, 0.29) is 29.4 Å². The smallest absolute Gasteiger partial charge is 0.240 e. The van der Waals surface area contributed by atoms with Gasteiger partial charge in [0.25, 0.3) is 0 Å². The van der Waals surface area contributed by atoms with Crippen LogP contribution in [0.25, 0.3) is 16.9 Å². The molecule has 9 nitrogen and oxygen atoms in total. The molecule has 1 unspecified atom stereocenters. The number of aromatic nitrogens is 3. The number of nitrogens with one attached hydrogen (secondary N) is 1. The minimum absolute atomic E-state index is 0.158. The molecular weight excluding hydrogens is 586 g/mol. The van der Waals surface area contributed by atoms with Gasteiger partial charge in [-0.2, -0.15) is 5.10 Å². The predicted octanol–water partition coefficient (Wildman–Crippen LogP) is 5.75. The van der Waals surface area contributed by atoms with Crippen LogP contribution in [0.5, 0.6) is 11.5 Å². The second-order valence-electron chi connectivity index (χ2n) is 10.6. The van der Waals surface area contributed by atoms with Crippen LogP contribution >= 0.6 is 11.8 Å². The van der Waals surface area contributed by atoms with Gasteiger partial charge in [0, 0.05) is 30.1 Å². The Morgan fingerprint density at radius 1 is 0.978 bits per heavy atom. The molecule has 0 aliphatic carbocycles. The molecule has 0 bridgehead atoms. The molecule has 6 rings (SSSR count). The Kier molecular flexibility index (Phi) is 8.84. The first-order valence-corrected chi connectivity index (χ1v) is 15.6. The van der Waals surface area contributed by atoms with Gasteiger partial charge in [-0.15, -0.1) is 11.8 Å². The lowest BCUT2D eigenvalue weighted by Crippen LogP contribution is -2.42. The number of hydrogen-bond acceptors (Lipinski definition) is 7. The first-order valence-electron chi connectivity index (χ1n) is 14.5. The van der Waals surface area contributed by atoms with E-state index in [4.69, 9.17) is 14.6 Å². The van der Waals surface area contributed by atoms with Gasteiger partial charge >= 0.3 is 0 Å². The number of pyridine rings is 1. The monoisotopic (exact) mass is 619 g/mol. The predicted molar refractivity (Wildman–Crippen MR) is 176 cm³/mol. The fourth-order valence-electron chi connectivity index (χ4n) is 5.38. The number of hydrogen-bond donors (Lipinski definition) is 1. The van der Waals surface area contributed by atoms with Crippen molar-refractivity contribution in [3.05, 3.63) is 120 Å². The molecule has 0 spiro atoms. The normalized spacial score (nSPS) is 14.4. The molecule has 1 aliphatic heterocycles. The zero-order valence-corrected chi connectivity index (χ0v) is 26.1. The Balaban J connectivity index is 1.53. The summed E-state index contributed by atoms with van der Waals surface area (Å²) in [5.41, 5.74) is 6.15. The van der Waals surface area contributed by atoms with E-state index in [1.807, 2.05) is 91.9 Å². The summed E-state index contributed by atoms with van der Waals surface area (Å²) in [6.45, 7) is 2.16. The molecule has 2 aromatic heterocycles. The highest BCUT2D eigenvalue weighted by Gasteiger charge is 2.38. The number of amides is 2. The van der Waals surface area contributed by atoms with Crippen LogP contribution in [-0.4, -0.2) is 53.1 Å². The van der Waals surface area contributed by atoms with E-state index in [1.54, 1.807) is 36.2 Å². The highest BCUT2D eigenvalue weighted by Crippen LogP contribution is 2.49. The lowest BCUT2D eigenvalue weighted by molar-refractivity contribution is -0.123. The fourth-order valence-corrected chi connectivity index (χ4v) is 6.56. The lowest BCUT2D eigenvalue weighted by atomic mass is 9.99. The van der Waals surface area contributed by atoms with Crippen molar-refractivity contribution in [1.82, 2.24) is 20.1 Å². The van der Waals surface area contributed by atoms with Gasteiger partial charge in [0.15, 0.2) is 11.5 Å². The zero-order chi connectivity index (χ0) is 31.3. The third-order valence-corrected chi connectivity index (χ3v) is 8.89. The van der Waals surface area contributed by atoms with E-state index in [0.29, 0.717) is 23.9 Å². The molecule has 0 fully saturated rings. The van der Waals surface area contributed by atoms with Crippen molar-refractivity contribution in [2.75, 3.05) is 31.4 Å². The fraction of sp³-hybridized carbons (Fsp3) is 0.200. The maximum atomic E-state index is 14.0. The number of thioether (sulfide) groups is 1. The highest BCUT2D eigenvalue weighted by molar-refractivity contribution is 8.00. The third-order valence-electron chi connectivity index (χ3n) is 7.64. The van der Waals surface area contributed by atoms with Crippen LogP contribution in [0.15, 0.2) is 97.3 Å². The number of benzene rings is 3. The summed E-state index contributed by atoms with van der Waals surface area (Å²) in [6.07, 6.45) is 3.39. The minimum atomic E-state index is -0.304. The van der Waals surface area contributed by atoms with E-state index in [9.17, 15) is 9.59 Å². The largest absolute Gasteiger partial charge is 0.493 e. The molecule has 10 heteroatoms. The lowest BCUT2D eigenvalue weighted by Gasteiger charge is -2.23. The van der Waals surface area contributed by atoms with Crippen molar-refractivity contribution in [1.29, 1.82) is 0 Å². The SMILES string of the molecule is COc1ccc(C2SCC(=O)N(CC(=O)NCc3cccnc3)c3c2c(-c2ccccc2)nn3-c2ccc(C)cc2)cc1OC. The third kappa shape index (κ3) is 6.28. The van der Waals surface area contributed by atoms with Gasteiger partial charge in [0.05, 0.1) is 36.6 Å². The number of carbonyl (C=O) groups is 2. The van der Waals surface area contributed by atoms with Gasteiger partial charge in [-0.25, -0.2) is 4.68 Å². The molecule has 0 saturated heterocycles. The van der Waals surface area contributed by atoms with E-state index >= 15 is 0 Å². The Morgan fingerprint density at radius 3 is 2.47 bits per heavy atom. The number of ether oxygens (including phenoxy) is 2. The molecule has 0 saturated carbocycles. The summed E-state index contributed by atoms with van der Waals surface area (Å²) < 4.78 is 13.0. The molecule has 1 aliphatic rings. The van der Waals surface area contributed by atoms with Crippen LogP contribution in [-0.2, 0) is 16.1 Å². The van der Waals surface area contributed by atoms with Gasteiger partial charge in [-0.05, 0) is 48.4 Å². The standard InChI is InChI=1S/C35H33N5O4S/c1-23-11-14-27(15-12-23)40-35-32(33(38-40)25-9-5-4-6-10-25)34(26-13-16-28(43-2)29(18-26)44-3)45-22-31(42)39(35)21-30(41)37-20-24-8-7-17-36-19-24/h4-19,34H,20-22H2,1-3H3,(H,37,41). The second-order valence-corrected chi connectivity index (χ2v) is 11.7. The molecule has 3 heterocycles. The van der Waals surface area contributed by atoms with Crippen molar-refractivity contribution in [3.63, 3.8) is 0 Å². The molecule has 228 valence electrons. The average molecular weight is 620 g/mol. The zero-order valence-electron chi connectivity index (χ0n) is 25.3. The van der Waals surface area contributed by atoms with Crippen molar-refractivity contribution in [2.45, 2.75) is 18.7 Å². The summed E-state index contributed by atoms with van der Waals surface area (Å²) in [5, 5.41) is 7.80. The molecule has 1 N–H and O–H groups in total. The van der Waals surface area contributed by atoms with E-state index in [0.717, 1.165) is 39.2 Å². The number of anilines is 1. The van der Waals surface area contributed by atoms with Crippen LogP contribution in [0, 0.1) is 6.92 Å². The van der Waals surface area contributed by atoms with E-state index in [2.05, 4.69) is 10.3 Å². The van der Waals surface area contributed by atoms with E-state index in [1.165, 1.54) is 11.8 Å². The molecular formula is C35H33N5O4S. The highest BCUT2D eigenvalue weighted by atomic mass is 32.2. The molecule has 5 aromatic rings. The number of nitrogens with zero attached hydrogens (tertiary/aromatic N) is 4. The van der Waals surface area contributed by atoms with Crippen molar-refractivity contribution in [2.24, 2.45) is 0 Å². The summed E-state index contributed by atoms with van der Waals surface area (Å²) in [6, 6.07) is 27.4. The van der Waals surface area contributed by atoms with Gasteiger partial charge in [0.1, 0.15) is 12.4 Å². The van der Waals surface area contributed by atoms with Crippen LogP contribution in [0.1, 0.15) is 27.5 Å². The molecule has 0 radical (unpaired) electrons. The summed E-state index contributed by atoms with van der Waals surface area (Å²) >= 11 is 1.50. The number of aryl methyl sites for hydroxylation is 1.